The average Bonchev–Trinajstić information content (AvgIpc) is 2.34. The van der Waals surface area contributed by atoms with E-state index in [1.807, 2.05) is 0 Å². The number of hydrogen-bond acceptors (Lipinski definition) is 5. The molecule has 0 spiro atoms. The van der Waals surface area contributed by atoms with Gasteiger partial charge in [0.15, 0.2) is 0 Å². The minimum Gasteiger partial charge on any atom is -0.296 e. The van der Waals surface area contributed by atoms with Crippen molar-refractivity contribution in [2.45, 2.75) is 39.5 Å². The number of oxime groups is 1. The number of carbonyl (C=O) groups is 1. The fraction of sp³-hybridized carbons (Fsp3) is 0.800. The summed E-state index contributed by atoms with van der Waals surface area (Å²) in [5.41, 5.74) is 0. The molecule has 0 aliphatic heterocycles. The predicted octanol–water partition coefficient (Wildman–Crippen LogP) is 2.49. The molecule has 0 aromatic rings. The van der Waals surface area contributed by atoms with Crippen molar-refractivity contribution < 1.29 is 18.0 Å². The summed E-state index contributed by atoms with van der Waals surface area (Å²) in [5.74, 6) is 0. The lowest BCUT2D eigenvalue weighted by Crippen LogP contribution is -2.29. The number of nitrogens with zero attached hydrogens (tertiary/aromatic N) is 2. The van der Waals surface area contributed by atoms with Gasteiger partial charge in [-0.3, -0.25) is 9.02 Å². The minimum atomic E-state index is -1.85. The molecule has 0 radical (unpaired) electrons. The SMILES string of the molecule is CCCCCCOS(=O)N(C)C(=O)ON=C(C)S. The second-order valence-electron chi connectivity index (χ2n) is 3.59. The highest BCUT2D eigenvalue weighted by Crippen LogP contribution is 2.03. The van der Waals surface area contributed by atoms with Crippen LogP contribution in [0.3, 0.4) is 0 Å². The molecule has 0 aliphatic rings. The lowest BCUT2D eigenvalue weighted by atomic mass is 10.2. The zero-order valence-electron chi connectivity index (χ0n) is 10.9. The number of rotatable bonds is 8. The smallest absolute Gasteiger partial charge is 0.296 e. The third-order valence-corrected chi connectivity index (χ3v) is 2.96. The van der Waals surface area contributed by atoms with E-state index in [-0.39, 0.29) is 0 Å². The largest absolute Gasteiger partial charge is 0.449 e. The van der Waals surface area contributed by atoms with Crippen LogP contribution in [0.5, 0.6) is 0 Å². The zero-order valence-corrected chi connectivity index (χ0v) is 12.6. The first-order chi connectivity index (χ1) is 8.49. The molecule has 0 N–H and O–H groups in total. The van der Waals surface area contributed by atoms with Crippen molar-refractivity contribution in [3.63, 3.8) is 0 Å². The van der Waals surface area contributed by atoms with E-state index in [4.69, 9.17) is 4.18 Å². The maximum Gasteiger partial charge on any atom is 0.449 e. The summed E-state index contributed by atoms with van der Waals surface area (Å²) in [4.78, 5) is 15.8. The summed E-state index contributed by atoms with van der Waals surface area (Å²) in [6.45, 7) is 4.00. The van der Waals surface area contributed by atoms with Crippen LogP contribution < -0.4 is 0 Å². The fourth-order valence-electron chi connectivity index (χ4n) is 0.962. The van der Waals surface area contributed by atoms with Gasteiger partial charge in [-0.05, 0) is 13.3 Å². The van der Waals surface area contributed by atoms with Gasteiger partial charge in [-0.1, -0.05) is 31.3 Å². The Morgan fingerprint density at radius 3 is 2.61 bits per heavy atom. The van der Waals surface area contributed by atoms with Gasteiger partial charge in [0.2, 0.25) is 0 Å². The van der Waals surface area contributed by atoms with Gasteiger partial charge in [-0.15, -0.1) is 12.6 Å². The molecule has 8 heteroatoms. The van der Waals surface area contributed by atoms with E-state index in [0.717, 1.165) is 30.0 Å². The Bertz CT molecular complexity index is 306. The van der Waals surface area contributed by atoms with Gasteiger partial charge in [0, 0.05) is 7.05 Å². The van der Waals surface area contributed by atoms with Crippen molar-refractivity contribution in [2.24, 2.45) is 5.16 Å². The molecule has 6 nitrogen and oxygen atoms in total. The highest BCUT2D eigenvalue weighted by atomic mass is 32.2. The predicted molar refractivity (Wildman–Crippen MR) is 74.6 cm³/mol. The molecule has 18 heavy (non-hydrogen) atoms. The fourth-order valence-corrected chi connectivity index (χ4v) is 1.58. The summed E-state index contributed by atoms with van der Waals surface area (Å²) in [7, 11) is 1.31. The lowest BCUT2D eigenvalue weighted by Gasteiger charge is -2.12. The normalized spacial score (nSPS) is 13.2. The standard InChI is InChI=1S/C10H20N2O4S2/c1-4-5-6-7-8-15-18(14)12(3)10(13)16-11-9(2)17/h4-8H2,1-3H3,(H,11,17). The van der Waals surface area contributed by atoms with Gasteiger partial charge in [-0.25, -0.2) is 13.3 Å². The van der Waals surface area contributed by atoms with E-state index in [9.17, 15) is 9.00 Å². The monoisotopic (exact) mass is 296 g/mol. The first kappa shape index (κ1) is 17.4. The molecule has 106 valence electrons. The van der Waals surface area contributed by atoms with E-state index < -0.39 is 17.4 Å². The number of thiol groups is 1. The molecule has 0 aliphatic carbocycles. The van der Waals surface area contributed by atoms with E-state index in [0.29, 0.717) is 11.7 Å². The second-order valence-corrected chi connectivity index (χ2v) is 5.46. The molecule has 0 heterocycles. The maximum atomic E-state index is 11.5. The quantitative estimate of drug-likeness (QED) is 0.187. The molecule has 0 rings (SSSR count). The molecule has 1 unspecified atom stereocenters. The van der Waals surface area contributed by atoms with Crippen molar-refractivity contribution in [1.82, 2.24) is 4.31 Å². The highest BCUT2D eigenvalue weighted by Gasteiger charge is 2.18. The molecule has 0 saturated heterocycles. The van der Waals surface area contributed by atoms with Gasteiger partial charge in [0.05, 0.1) is 6.61 Å². The van der Waals surface area contributed by atoms with Gasteiger partial charge in [0.25, 0.3) is 11.3 Å². The van der Waals surface area contributed by atoms with Crippen molar-refractivity contribution in [2.75, 3.05) is 13.7 Å². The van der Waals surface area contributed by atoms with E-state index in [1.54, 1.807) is 6.92 Å². The third-order valence-electron chi connectivity index (χ3n) is 1.92. The maximum absolute atomic E-state index is 11.5. The number of hydrogen-bond donors (Lipinski definition) is 1. The molecule has 0 fully saturated rings. The molecule has 0 aromatic carbocycles. The Kier molecular flexibility index (Phi) is 9.99. The Morgan fingerprint density at radius 2 is 2.06 bits per heavy atom. The van der Waals surface area contributed by atoms with Crippen LogP contribution in [0.1, 0.15) is 39.5 Å². The van der Waals surface area contributed by atoms with Crippen LogP contribution in [-0.2, 0) is 20.3 Å². The molecule has 1 atom stereocenters. The summed E-state index contributed by atoms with van der Waals surface area (Å²) >= 11 is 1.98. The Balaban J connectivity index is 3.88. The minimum absolute atomic E-state index is 0.294. The highest BCUT2D eigenvalue weighted by molar-refractivity contribution is 7.96. The summed E-state index contributed by atoms with van der Waals surface area (Å²) in [6, 6.07) is 0. The van der Waals surface area contributed by atoms with Crippen molar-refractivity contribution >= 4 is 35.0 Å². The molecule has 0 saturated carbocycles. The molecule has 1 amide bonds. The van der Waals surface area contributed by atoms with Crippen LogP contribution in [0.4, 0.5) is 4.79 Å². The summed E-state index contributed by atoms with van der Waals surface area (Å²) in [6.07, 6.45) is 3.22. The Labute approximate surface area is 116 Å². The molecule has 0 aromatic heterocycles. The number of carbonyl (C=O) groups excluding carboxylic acids is 1. The topological polar surface area (TPSA) is 68.2 Å². The van der Waals surface area contributed by atoms with Crippen molar-refractivity contribution in [3.8, 4) is 0 Å². The number of unbranched alkanes of at least 4 members (excludes halogenated alkanes) is 3. The van der Waals surface area contributed by atoms with Crippen LogP contribution in [0.15, 0.2) is 5.16 Å². The Morgan fingerprint density at radius 1 is 1.39 bits per heavy atom. The molecule has 0 bridgehead atoms. The van der Waals surface area contributed by atoms with E-state index in [2.05, 4.69) is 29.5 Å². The molecular weight excluding hydrogens is 276 g/mol. The van der Waals surface area contributed by atoms with Crippen LogP contribution in [-0.4, -0.2) is 33.3 Å². The molecular formula is C10H20N2O4S2. The van der Waals surface area contributed by atoms with Crippen molar-refractivity contribution in [1.29, 1.82) is 0 Å². The first-order valence-electron chi connectivity index (χ1n) is 5.72. The second kappa shape index (κ2) is 10.3. The van der Waals surface area contributed by atoms with Crippen LogP contribution in [0.2, 0.25) is 0 Å². The van der Waals surface area contributed by atoms with Gasteiger partial charge in [-0.2, -0.15) is 0 Å². The van der Waals surface area contributed by atoms with Gasteiger partial charge >= 0.3 is 6.09 Å². The first-order valence-corrected chi connectivity index (χ1v) is 7.20. The van der Waals surface area contributed by atoms with Crippen LogP contribution in [0, 0.1) is 0 Å². The summed E-state index contributed by atoms with van der Waals surface area (Å²) < 4.78 is 17.3. The van der Waals surface area contributed by atoms with E-state index in [1.165, 1.54) is 7.05 Å². The number of amides is 1. The van der Waals surface area contributed by atoms with E-state index >= 15 is 0 Å². The van der Waals surface area contributed by atoms with Gasteiger partial charge in [0.1, 0.15) is 5.04 Å². The lowest BCUT2D eigenvalue weighted by molar-refractivity contribution is 0.133. The third kappa shape index (κ3) is 8.48. The van der Waals surface area contributed by atoms with Gasteiger partial charge < -0.3 is 0 Å². The Hall–Kier alpha value is -0.600. The summed E-state index contributed by atoms with van der Waals surface area (Å²) in [5, 5.41) is 3.64. The van der Waals surface area contributed by atoms with Crippen molar-refractivity contribution in [3.05, 3.63) is 0 Å². The zero-order chi connectivity index (χ0) is 14.0. The average molecular weight is 296 g/mol. The van der Waals surface area contributed by atoms with Crippen LogP contribution >= 0.6 is 12.6 Å². The van der Waals surface area contributed by atoms with Crippen LogP contribution in [0.25, 0.3) is 0 Å².